The van der Waals surface area contributed by atoms with Gasteiger partial charge in [-0.15, -0.1) is 0 Å². The molecule has 1 aromatic heterocycles. The zero-order valence-corrected chi connectivity index (χ0v) is 10.7. The van der Waals surface area contributed by atoms with Crippen molar-refractivity contribution in [3.05, 3.63) is 30.1 Å². The Morgan fingerprint density at radius 2 is 2.12 bits per heavy atom. The number of hydrogen-bond acceptors (Lipinski definition) is 4. The summed E-state index contributed by atoms with van der Waals surface area (Å²) in [6.07, 6.45) is 3.55. The topological polar surface area (TPSA) is 42.4 Å². The van der Waals surface area contributed by atoms with E-state index in [1.807, 2.05) is 33.0 Å². The second-order valence-electron chi connectivity index (χ2n) is 4.21. The van der Waals surface area contributed by atoms with E-state index in [1.54, 1.807) is 12.4 Å². The Hall–Kier alpha value is -1.42. The number of nitrogens with zero attached hydrogens (tertiary/aromatic N) is 2. The summed E-state index contributed by atoms with van der Waals surface area (Å²) in [5, 5.41) is 0. The van der Waals surface area contributed by atoms with Crippen LogP contribution < -0.4 is 0 Å². The van der Waals surface area contributed by atoms with Crippen molar-refractivity contribution in [1.82, 2.24) is 9.88 Å². The van der Waals surface area contributed by atoms with Gasteiger partial charge in [0.05, 0.1) is 12.5 Å². The first-order valence-electron chi connectivity index (χ1n) is 5.87. The highest BCUT2D eigenvalue weighted by Crippen LogP contribution is 2.06. The largest absolute Gasteiger partial charge is 0.466 e. The van der Waals surface area contributed by atoms with E-state index in [0.29, 0.717) is 13.2 Å². The number of rotatable bonds is 6. The maximum Gasteiger partial charge on any atom is 0.309 e. The van der Waals surface area contributed by atoms with Gasteiger partial charge in [-0.3, -0.25) is 9.78 Å². The molecule has 0 N–H and O–H groups in total. The molecule has 1 aromatic rings. The van der Waals surface area contributed by atoms with Crippen molar-refractivity contribution in [1.29, 1.82) is 0 Å². The van der Waals surface area contributed by atoms with Crippen molar-refractivity contribution in [2.75, 3.05) is 20.2 Å². The lowest BCUT2D eigenvalue weighted by atomic mass is 10.1. The quantitative estimate of drug-likeness (QED) is 0.705. The van der Waals surface area contributed by atoms with Gasteiger partial charge in [0.1, 0.15) is 0 Å². The van der Waals surface area contributed by atoms with Crippen molar-refractivity contribution in [2.45, 2.75) is 20.4 Å². The molecule has 0 saturated carbocycles. The Bertz CT molecular complexity index is 341. The lowest BCUT2D eigenvalue weighted by Crippen LogP contribution is -2.29. The lowest BCUT2D eigenvalue weighted by molar-refractivity contribution is -0.147. The molecule has 1 atom stereocenters. The second-order valence-corrected chi connectivity index (χ2v) is 4.21. The first kappa shape index (κ1) is 13.6. The highest BCUT2D eigenvalue weighted by atomic mass is 16.5. The maximum absolute atomic E-state index is 11.5. The van der Waals surface area contributed by atoms with E-state index >= 15 is 0 Å². The second kappa shape index (κ2) is 7.01. The molecule has 0 aliphatic carbocycles. The summed E-state index contributed by atoms with van der Waals surface area (Å²) in [5.74, 6) is -0.226. The minimum atomic E-state index is -0.130. The monoisotopic (exact) mass is 236 g/mol. The summed E-state index contributed by atoms with van der Waals surface area (Å²) in [6, 6.07) is 3.96. The highest BCUT2D eigenvalue weighted by Gasteiger charge is 2.15. The fourth-order valence-electron chi connectivity index (χ4n) is 1.69. The SMILES string of the molecule is CCOC(=O)C(C)CN(C)Cc1ccncc1. The molecule has 0 fully saturated rings. The van der Waals surface area contributed by atoms with Crippen LogP contribution >= 0.6 is 0 Å². The minimum absolute atomic E-state index is 0.0956. The summed E-state index contributed by atoms with van der Waals surface area (Å²) in [5.41, 5.74) is 1.19. The molecule has 1 heterocycles. The molecule has 0 spiro atoms. The zero-order valence-electron chi connectivity index (χ0n) is 10.7. The minimum Gasteiger partial charge on any atom is -0.466 e. The van der Waals surface area contributed by atoms with Gasteiger partial charge in [0.15, 0.2) is 0 Å². The summed E-state index contributed by atoms with van der Waals surface area (Å²) in [7, 11) is 2.00. The molecule has 0 aliphatic heterocycles. The maximum atomic E-state index is 11.5. The van der Waals surface area contributed by atoms with Crippen LogP contribution in [0.25, 0.3) is 0 Å². The van der Waals surface area contributed by atoms with E-state index in [1.165, 1.54) is 5.56 Å². The molecule has 0 aromatic carbocycles. The number of hydrogen-bond donors (Lipinski definition) is 0. The summed E-state index contributed by atoms with van der Waals surface area (Å²) in [4.78, 5) is 17.6. The van der Waals surface area contributed by atoms with Crippen LogP contribution in [-0.2, 0) is 16.1 Å². The number of ether oxygens (including phenoxy) is 1. The van der Waals surface area contributed by atoms with Gasteiger partial charge in [-0.05, 0) is 31.7 Å². The highest BCUT2D eigenvalue weighted by molar-refractivity contribution is 5.72. The van der Waals surface area contributed by atoms with Crippen LogP contribution in [0.4, 0.5) is 0 Å². The van der Waals surface area contributed by atoms with Crippen LogP contribution in [0, 0.1) is 5.92 Å². The van der Waals surface area contributed by atoms with Crippen LogP contribution in [0.2, 0.25) is 0 Å². The van der Waals surface area contributed by atoms with Gasteiger partial charge in [0.2, 0.25) is 0 Å². The fourth-order valence-corrected chi connectivity index (χ4v) is 1.69. The van der Waals surface area contributed by atoms with Crippen molar-refractivity contribution in [2.24, 2.45) is 5.92 Å². The van der Waals surface area contributed by atoms with E-state index in [9.17, 15) is 4.79 Å². The van der Waals surface area contributed by atoms with Gasteiger partial charge in [-0.1, -0.05) is 6.92 Å². The Morgan fingerprint density at radius 3 is 2.71 bits per heavy atom. The van der Waals surface area contributed by atoms with E-state index in [0.717, 1.165) is 6.54 Å². The third-order valence-electron chi connectivity index (χ3n) is 2.48. The lowest BCUT2D eigenvalue weighted by Gasteiger charge is -2.20. The normalized spacial score (nSPS) is 12.5. The van der Waals surface area contributed by atoms with Crippen molar-refractivity contribution < 1.29 is 9.53 Å². The van der Waals surface area contributed by atoms with Gasteiger partial charge in [-0.25, -0.2) is 0 Å². The molecule has 0 bridgehead atoms. The molecule has 1 rings (SSSR count). The smallest absolute Gasteiger partial charge is 0.309 e. The van der Waals surface area contributed by atoms with E-state index < -0.39 is 0 Å². The summed E-state index contributed by atoms with van der Waals surface area (Å²) in [6.45, 7) is 5.66. The number of aromatic nitrogens is 1. The van der Waals surface area contributed by atoms with Crippen LogP contribution in [-0.4, -0.2) is 36.1 Å². The van der Waals surface area contributed by atoms with Gasteiger partial charge in [0, 0.05) is 25.5 Å². The van der Waals surface area contributed by atoms with Crippen molar-refractivity contribution in [3.63, 3.8) is 0 Å². The predicted molar refractivity (Wildman–Crippen MR) is 66.4 cm³/mol. The molecule has 0 radical (unpaired) electrons. The third kappa shape index (κ3) is 4.95. The number of carbonyl (C=O) groups excluding carboxylic acids is 1. The summed E-state index contributed by atoms with van der Waals surface area (Å²) >= 11 is 0. The molecular weight excluding hydrogens is 216 g/mol. The van der Waals surface area contributed by atoms with Crippen LogP contribution in [0.1, 0.15) is 19.4 Å². The van der Waals surface area contributed by atoms with Gasteiger partial charge in [-0.2, -0.15) is 0 Å². The molecular formula is C13H20N2O2. The van der Waals surface area contributed by atoms with Gasteiger partial charge in [0.25, 0.3) is 0 Å². The van der Waals surface area contributed by atoms with E-state index in [2.05, 4.69) is 9.88 Å². The molecule has 4 nitrogen and oxygen atoms in total. The van der Waals surface area contributed by atoms with Crippen LogP contribution in [0.15, 0.2) is 24.5 Å². The Kier molecular flexibility index (Phi) is 5.63. The summed E-state index contributed by atoms with van der Waals surface area (Å²) < 4.78 is 4.98. The Labute approximate surface area is 103 Å². The molecule has 0 amide bonds. The first-order chi connectivity index (χ1) is 8.13. The molecule has 4 heteroatoms. The molecule has 0 saturated heterocycles. The predicted octanol–water partition coefficient (Wildman–Crippen LogP) is 1.71. The van der Waals surface area contributed by atoms with E-state index in [-0.39, 0.29) is 11.9 Å². The Balaban J connectivity index is 2.39. The van der Waals surface area contributed by atoms with Crippen molar-refractivity contribution >= 4 is 5.97 Å². The van der Waals surface area contributed by atoms with Crippen LogP contribution in [0.3, 0.4) is 0 Å². The van der Waals surface area contributed by atoms with Gasteiger partial charge >= 0.3 is 5.97 Å². The van der Waals surface area contributed by atoms with E-state index in [4.69, 9.17) is 4.74 Å². The number of esters is 1. The molecule has 94 valence electrons. The average Bonchev–Trinajstić information content (AvgIpc) is 2.30. The zero-order chi connectivity index (χ0) is 12.7. The first-order valence-corrected chi connectivity index (χ1v) is 5.87. The number of carbonyl (C=O) groups is 1. The van der Waals surface area contributed by atoms with Gasteiger partial charge < -0.3 is 9.64 Å². The fraction of sp³-hybridized carbons (Fsp3) is 0.538. The molecule has 0 aliphatic rings. The molecule has 1 unspecified atom stereocenters. The Morgan fingerprint density at radius 1 is 1.47 bits per heavy atom. The van der Waals surface area contributed by atoms with Crippen LogP contribution in [0.5, 0.6) is 0 Å². The third-order valence-corrected chi connectivity index (χ3v) is 2.48. The molecule has 17 heavy (non-hydrogen) atoms. The number of pyridine rings is 1. The standard InChI is InChI=1S/C13H20N2O2/c1-4-17-13(16)11(2)9-15(3)10-12-5-7-14-8-6-12/h5-8,11H,4,9-10H2,1-3H3. The average molecular weight is 236 g/mol. The van der Waals surface area contributed by atoms with Crippen molar-refractivity contribution in [3.8, 4) is 0 Å².